The highest BCUT2D eigenvalue weighted by atomic mass is 15.3. The van der Waals surface area contributed by atoms with Gasteiger partial charge in [-0.1, -0.05) is 29.8 Å². The summed E-state index contributed by atoms with van der Waals surface area (Å²) in [6, 6.07) is 13.5. The number of aromatic nitrogens is 4. The number of benzene rings is 1. The zero-order valence-electron chi connectivity index (χ0n) is 18.8. The van der Waals surface area contributed by atoms with Crippen LogP contribution in [0.4, 0.5) is 5.82 Å². The molecule has 1 atom stereocenters. The Labute approximate surface area is 188 Å². The lowest BCUT2D eigenvalue weighted by atomic mass is 9.88. The van der Waals surface area contributed by atoms with Crippen molar-refractivity contribution < 1.29 is 0 Å². The van der Waals surface area contributed by atoms with Crippen LogP contribution in [-0.2, 0) is 6.42 Å². The lowest BCUT2D eigenvalue weighted by Crippen LogP contribution is -2.24. The van der Waals surface area contributed by atoms with Crippen molar-refractivity contribution in [1.29, 1.82) is 0 Å². The Bertz CT molecular complexity index is 1390. The van der Waals surface area contributed by atoms with E-state index >= 15 is 0 Å². The van der Waals surface area contributed by atoms with E-state index in [0.29, 0.717) is 6.04 Å². The van der Waals surface area contributed by atoms with E-state index in [1.165, 1.54) is 16.7 Å². The number of nitrogens with one attached hydrogen (secondary N) is 1. The molecule has 1 N–H and O–H groups in total. The van der Waals surface area contributed by atoms with Gasteiger partial charge in [0.2, 0.25) is 0 Å². The normalized spacial score (nSPS) is 17.5. The fourth-order valence-corrected chi connectivity index (χ4v) is 5.13. The lowest BCUT2D eigenvalue weighted by molar-refractivity contribution is 0.629. The number of fused-ring (bicyclic) bond motifs is 3. The van der Waals surface area contributed by atoms with E-state index in [-0.39, 0.29) is 0 Å². The van der Waals surface area contributed by atoms with Crippen molar-refractivity contribution in [3.63, 3.8) is 0 Å². The van der Waals surface area contributed by atoms with Crippen LogP contribution in [0.2, 0.25) is 0 Å². The predicted molar refractivity (Wildman–Crippen MR) is 129 cm³/mol. The summed E-state index contributed by atoms with van der Waals surface area (Å²) in [5.41, 5.74) is 12.3. The van der Waals surface area contributed by atoms with Crippen molar-refractivity contribution in [3.05, 3.63) is 82.3 Å². The number of hydrogen-bond acceptors (Lipinski definition) is 4. The fraction of sp³-hybridized carbons (Fsp3) is 0.296. The predicted octanol–water partition coefficient (Wildman–Crippen LogP) is 5.69. The van der Waals surface area contributed by atoms with Crippen LogP contribution in [0.25, 0.3) is 22.5 Å². The molecule has 0 aliphatic heterocycles. The van der Waals surface area contributed by atoms with Crippen molar-refractivity contribution >= 4 is 17.0 Å². The number of aryl methyl sites for hydroxylation is 3. The summed E-state index contributed by atoms with van der Waals surface area (Å²) >= 11 is 0. The monoisotopic (exact) mass is 421 g/mol. The SMILES string of the molecule is Cc1cc(-c2cc(NC3CCC4=C(C3)c3ccccc3C4)n3ncc(C)c3n2)cnc1C. The van der Waals surface area contributed by atoms with Gasteiger partial charge in [0.05, 0.1) is 11.9 Å². The molecule has 5 nitrogen and oxygen atoms in total. The first kappa shape index (κ1) is 19.2. The van der Waals surface area contributed by atoms with Crippen molar-refractivity contribution in [2.24, 2.45) is 0 Å². The first-order chi connectivity index (χ1) is 15.6. The molecule has 2 aliphatic carbocycles. The highest BCUT2D eigenvalue weighted by molar-refractivity contribution is 5.78. The van der Waals surface area contributed by atoms with Gasteiger partial charge in [-0.15, -0.1) is 0 Å². The highest BCUT2D eigenvalue weighted by Crippen LogP contribution is 2.42. The molecule has 1 aromatic carbocycles. The van der Waals surface area contributed by atoms with Crippen molar-refractivity contribution in [2.45, 2.75) is 52.5 Å². The molecule has 5 heteroatoms. The van der Waals surface area contributed by atoms with Gasteiger partial charge in [-0.25, -0.2) is 4.98 Å². The minimum Gasteiger partial charge on any atom is -0.367 e. The molecule has 0 amide bonds. The van der Waals surface area contributed by atoms with Gasteiger partial charge in [0.1, 0.15) is 5.82 Å². The zero-order valence-corrected chi connectivity index (χ0v) is 18.8. The van der Waals surface area contributed by atoms with Crippen LogP contribution in [0.1, 0.15) is 47.2 Å². The van der Waals surface area contributed by atoms with E-state index < -0.39 is 0 Å². The van der Waals surface area contributed by atoms with Crippen LogP contribution in [-0.4, -0.2) is 25.6 Å². The third-order valence-electron chi connectivity index (χ3n) is 7.05. The molecule has 160 valence electrons. The minimum atomic E-state index is 0.376. The quantitative estimate of drug-likeness (QED) is 0.462. The molecule has 0 saturated carbocycles. The number of hydrogen-bond donors (Lipinski definition) is 1. The van der Waals surface area contributed by atoms with Crippen molar-refractivity contribution in [3.8, 4) is 11.3 Å². The molecule has 0 saturated heterocycles. The summed E-state index contributed by atoms with van der Waals surface area (Å²) in [6.07, 6.45) is 8.28. The molecular weight excluding hydrogens is 394 g/mol. The first-order valence-electron chi connectivity index (χ1n) is 11.4. The van der Waals surface area contributed by atoms with Crippen LogP contribution >= 0.6 is 0 Å². The number of nitrogens with zero attached hydrogens (tertiary/aromatic N) is 4. The topological polar surface area (TPSA) is 55.1 Å². The van der Waals surface area contributed by atoms with Gasteiger partial charge in [0.15, 0.2) is 5.65 Å². The second-order valence-corrected chi connectivity index (χ2v) is 9.22. The van der Waals surface area contributed by atoms with Gasteiger partial charge in [0, 0.05) is 35.1 Å². The second kappa shape index (κ2) is 7.30. The summed E-state index contributed by atoms with van der Waals surface area (Å²) in [5.74, 6) is 0.997. The van der Waals surface area contributed by atoms with Gasteiger partial charge in [-0.05, 0) is 74.8 Å². The number of allylic oxidation sites excluding steroid dienone is 1. The molecule has 4 aromatic rings. The van der Waals surface area contributed by atoms with Crippen LogP contribution in [0.3, 0.4) is 0 Å². The molecule has 0 fully saturated rings. The Morgan fingerprint density at radius 1 is 1.03 bits per heavy atom. The van der Waals surface area contributed by atoms with Crippen LogP contribution < -0.4 is 5.32 Å². The Morgan fingerprint density at radius 2 is 1.91 bits per heavy atom. The standard InChI is InChI=1S/C27H27N5/c1-16-10-21(15-28-18(16)3)25-13-26(32-27(31-25)17(2)14-29-32)30-22-9-8-20-11-19-6-4-5-7-23(19)24(20)12-22/h4-7,10,13-15,22,30H,8-9,11-12H2,1-3H3. The van der Waals surface area contributed by atoms with E-state index in [1.807, 2.05) is 23.8 Å². The molecule has 0 spiro atoms. The average Bonchev–Trinajstić information content (AvgIpc) is 3.36. The van der Waals surface area contributed by atoms with Crippen LogP contribution in [0.15, 0.2) is 54.4 Å². The van der Waals surface area contributed by atoms with E-state index in [2.05, 4.69) is 65.6 Å². The van der Waals surface area contributed by atoms with Crippen molar-refractivity contribution in [2.75, 3.05) is 5.32 Å². The third-order valence-corrected chi connectivity index (χ3v) is 7.05. The van der Waals surface area contributed by atoms with E-state index in [1.54, 1.807) is 11.1 Å². The molecule has 3 heterocycles. The Kier molecular flexibility index (Phi) is 4.39. The molecular formula is C27H27N5. The smallest absolute Gasteiger partial charge is 0.160 e. The van der Waals surface area contributed by atoms with Crippen molar-refractivity contribution in [1.82, 2.24) is 19.6 Å². The van der Waals surface area contributed by atoms with Gasteiger partial charge < -0.3 is 5.32 Å². The number of pyridine rings is 1. The summed E-state index contributed by atoms with van der Waals surface area (Å²) in [5, 5.41) is 8.44. The zero-order chi connectivity index (χ0) is 21.8. The molecule has 1 unspecified atom stereocenters. The third kappa shape index (κ3) is 3.11. The van der Waals surface area contributed by atoms with Crippen LogP contribution in [0.5, 0.6) is 0 Å². The minimum absolute atomic E-state index is 0.376. The Morgan fingerprint density at radius 3 is 2.78 bits per heavy atom. The van der Waals surface area contributed by atoms with Gasteiger partial charge in [0.25, 0.3) is 0 Å². The maximum Gasteiger partial charge on any atom is 0.160 e. The van der Waals surface area contributed by atoms with E-state index in [9.17, 15) is 0 Å². The van der Waals surface area contributed by atoms with E-state index in [4.69, 9.17) is 4.98 Å². The summed E-state index contributed by atoms with van der Waals surface area (Å²) in [4.78, 5) is 9.48. The summed E-state index contributed by atoms with van der Waals surface area (Å²) in [7, 11) is 0. The second-order valence-electron chi connectivity index (χ2n) is 9.22. The molecule has 0 bridgehead atoms. The van der Waals surface area contributed by atoms with Gasteiger partial charge >= 0.3 is 0 Å². The molecule has 3 aromatic heterocycles. The average molecular weight is 422 g/mol. The fourth-order valence-electron chi connectivity index (χ4n) is 5.13. The maximum absolute atomic E-state index is 4.92. The largest absolute Gasteiger partial charge is 0.367 e. The summed E-state index contributed by atoms with van der Waals surface area (Å²) < 4.78 is 1.94. The summed E-state index contributed by atoms with van der Waals surface area (Å²) in [6.45, 7) is 6.20. The van der Waals surface area contributed by atoms with E-state index in [0.717, 1.165) is 59.7 Å². The van der Waals surface area contributed by atoms with Gasteiger partial charge in [-0.2, -0.15) is 9.61 Å². The lowest BCUT2D eigenvalue weighted by Gasteiger charge is -2.26. The first-order valence-corrected chi connectivity index (χ1v) is 11.4. The highest BCUT2D eigenvalue weighted by Gasteiger charge is 2.28. The van der Waals surface area contributed by atoms with Gasteiger partial charge in [-0.3, -0.25) is 4.98 Å². The molecule has 32 heavy (non-hydrogen) atoms. The molecule has 2 aliphatic rings. The molecule has 6 rings (SSSR count). The van der Waals surface area contributed by atoms with Crippen LogP contribution in [0, 0.1) is 20.8 Å². The Balaban J connectivity index is 1.36. The maximum atomic E-state index is 4.92. The number of anilines is 1. The number of rotatable bonds is 3. The Hall–Kier alpha value is -3.47. The molecule has 0 radical (unpaired) electrons.